The van der Waals surface area contributed by atoms with E-state index in [9.17, 15) is 24.0 Å². The summed E-state index contributed by atoms with van der Waals surface area (Å²) >= 11 is 0. The Morgan fingerprint density at radius 1 is 1.00 bits per heavy atom. The van der Waals surface area contributed by atoms with Crippen molar-refractivity contribution in [2.24, 2.45) is 5.92 Å². The number of Topliss-reactive ketones (excluding diaryl/α,β-unsaturated/α-hetero) is 1. The van der Waals surface area contributed by atoms with Gasteiger partial charge in [-0.3, -0.25) is 34.4 Å². The fourth-order valence-corrected chi connectivity index (χ4v) is 3.37. The van der Waals surface area contributed by atoms with Crippen molar-refractivity contribution >= 4 is 35.2 Å². The number of methoxy groups -OCH3 is 2. The summed E-state index contributed by atoms with van der Waals surface area (Å²) < 4.78 is 15.3. The maximum Gasteiger partial charge on any atom is 0.311 e. The molecule has 11 nitrogen and oxygen atoms in total. The zero-order valence-corrected chi connectivity index (χ0v) is 19.5. The highest BCUT2D eigenvalue weighted by atomic mass is 16.5. The number of hydrogen-bond donors (Lipinski definition) is 2. The summed E-state index contributed by atoms with van der Waals surface area (Å²) in [5, 5.41) is 3.58. The molecular formula is C24H25N3O8. The summed E-state index contributed by atoms with van der Waals surface area (Å²) in [6, 6.07) is 10.9. The molecule has 1 aliphatic rings. The van der Waals surface area contributed by atoms with Crippen molar-refractivity contribution in [2.75, 3.05) is 32.7 Å². The van der Waals surface area contributed by atoms with Crippen LogP contribution in [0.5, 0.6) is 11.5 Å². The first-order valence-electron chi connectivity index (χ1n) is 10.6. The van der Waals surface area contributed by atoms with Gasteiger partial charge in [0, 0.05) is 29.3 Å². The van der Waals surface area contributed by atoms with Crippen LogP contribution in [0, 0.1) is 5.92 Å². The molecule has 1 atom stereocenters. The number of esters is 1. The maximum absolute atomic E-state index is 12.6. The quantitative estimate of drug-likeness (QED) is 0.405. The van der Waals surface area contributed by atoms with Gasteiger partial charge in [0.15, 0.2) is 12.4 Å². The van der Waals surface area contributed by atoms with Crippen molar-refractivity contribution in [1.29, 1.82) is 0 Å². The first-order chi connectivity index (χ1) is 16.7. The Morgan fingerprint density at radius 2 is 1.69 bits per heavy atom. The van der Waals surface area contributed by atoms with Crippen molar-refractivity contribution in [3.8, 4) is 11.5 Å². The van der Waals surface area contributed by atoms with Crippen LogP contribution in [-0.4, -0.2) is 61.9 Å². The number of hydrogen-bond acceptors (Lipinski definition) is 8. The van der Waals surface area contributed by atoms with Crippen LogP contribution in [0.3, 0.4) is 0 Å². The molecule has 3 amide bonds. The second-order valence-corrected chi connectivity index (χ2v) is 7.74. The van der Waals surface area contributed by atoms with E-state index < -0.39 is 36.2 Å². The molecule has 2 N–H and O–H groups in total. The zero-order valence-electron chi connectivity index (χ0n) is 19.5. The summed E-state index contributed by atoms with van der Waals surface area (Å²) in [6.07, 6.45) is -0.178. The number of anilines is 1. The van der Waals surface area contributed by atoms with Gasteiger partial charge in [0.05, 0.1) is 26.7 Å². The first kappa shape index (κ1) is 25.2. The number of nitrogens with one attached hydrogen (secondary N) is 2. The molecule has 184 valence electrons. The molecule has 0 saturated carbocycles. The van der Waals surface area contributed by atoms with Crippen LogP contribution in [-0.2, 0) is 19.1 Å². The van der Waals surface area contributed by atoms with E-state index in [1.165, 1.54) is 39.3 Å². The molecular weight excluding hydrogens is 458 g/mol. The molecule has 1 fully saturated rings. The van der Waals surface area contributed by atoms with E-state index in [-0.39, 0.29) is 24.3 Å². The first-order valence-corrected chi connectivity index (χ1v) is 10.6. The van der Waals surface area contributed by atoms with Gasteiger partial charge in [-0.25, -0.2) is 0 Å². The summed E-state index contributed by atoms with van der Waals surface area (Å²) in [6.45, 7) is 0.738. The SMILES string of the molecule is COc1cc(OC)cc(C(=O)NN2C[C@H](C(=O)OCC(=O)Nc3cccc(C(C)=O)c3)CC2=O)c1. The van der Waals surface area contributed by atoms with Crippen molar-refractivity contribution < 1.29 is 38.2 Å². The van der Waals surface area contributed by atoms with Gasteiger partial charge in [-0.2, -0.15) is 0 Å². The van der Waals surface area contributed by atoms with Gasteiger partial charge in [-0.05, 0) is 31.2 Å². The molecule has 11 heteroatoms. The molecule has 1 saturated heterocycles. The maximum atomic E-state index is 12.6. The zero-order chi connectivity index (χ0) is 25.5. The van der Waals surface area contributed by atoms with Gasteiger partial charge in [0.25, 0.3) is 11.8 Å². The van der Waals surface area contributed by atoms with Crippen LogP contribution in [0.15, 0.2) is 42.5 Å². The number of benzene rings is 2. The van der Waals surface area contributed by atoms with Crippen LogP contribution in [0.2, 0.25) is 0 Å². The second kappa shape index (κ2) is 11.1. The highest BCUT2D eigenvalue weighted by molar-refractivity contribution is 5.98. The van der Waals surface area contributed by atoms with Gasteiger partial charge in [0.2, 0.25) is 5.91 Å². The van der Waals surface area contributed by atoms with Crippen LogP contribution in [0.1, 0.15) is 34.1 Å². The summed E-state index contributed by atoms with van der Waals surface area (Å²) in [4.78, 5) is 60.9. The Kier molecular flexibility index (Phi) is 8.03. The Hall–Kier alpha value is -4.41. The van der Waals surface area contributed by atoms with Gasteiger partial charge >= 0.3 is 5.97 Å². The number of nitrogens with zero attached hydrogens (tertiary/aromatic N) is 1. The van der Waals surface area contributed by atoms with Crippen LogP contribution < -0.4 is 20.2 Å². The van der Waals surface area contributed by atoms with Crippen LogP contribution in [0.25, 0.3) is 0 Å². The van der Waals surface area contributed by atoms with E-state index in [2.05, 4.69) is 10.7 Å². The lowest BCUT2D eigenvalue weighted by Gasteiger charge is -2.18. The molecule has 0 unspecified atom stereocenters. The Morgan fingerprint density at radius 3 is 2.31 bits per heavy atom. The van der Waals surface area contributed by atoms with Crippen molar-refractivity contribution in [2.45, 2.75) is 13.3 Å². The number of ether oxygens (including phenoxy) is 3. The summed E-state index contributed by atoms with van der Waals surface area (Å²) in [5.74, 6) is -2.61. The predicted octanol–water partition coefficient (Wildman–Crippen LogP) is 1.58. The molecule has 0 radical (unpaired) electrons. The van der Waals surface area contributed by atoms with E-state index in [4.69, 9.17) is 14.2 Å². The van der Waals surface area contributed by atoms with E-state index >= 15 is 0 Å². The topological polar surface area (TPSA) is 140 Å². The van der Waals surface area contributed by atoms with E-state index in [0.29, 0.717) is 22.7 Å². The fourth-order valence-electron chi connectivity index (χ4n) is 3.37. The third-order valence-corrected chi connectivity index (χ3v) is 5.21. The van der Waals surface area contributed by atoms with Crippen molar-refractivity contribution in [1.82, 2.24) is 10.4 Å². The van der Waals surface area contributed by atoms with Gasteiger partial charge < -0.3 is 19.5 Å². The molecule has 0 bridgehead atoms. The standard InChI is InChI=1S/C24H25N3O8/c1-14(28)15-5-4-6-18(7-15)25-21(29)13-35-24(32)17-10-22(30)27(12-17)26-23(31)16-8-19(33-2)11-20(9-16)34-3/h4-9,11,17H,10,12-13H2,1-3H3,(H,25,29)(H,26,31)/t17-/m1/s1. The summed E-state index contributed by atoms with van der Waals surface area (Å²) in [7, 11) is 2.89. The van der Waals surface area contributed by atoms with Gasteiger partial charge in [0.1, 0.15) is 11.5 Å². The molecule has 0 spiro atoms. The minimum Gasteiger partial charge on any atom is -0.497 e. The molecule has 3 rings (SSSR count). The Bertz CT molecular complexity index is 1140. The highest BCUT2D eigenvalue weighted by Crippen LogP contribution is 2.23. The summed E-state index contributed by atoms with van der Waals surface area (Å²) in [5.41, 5.74) is 3.48. The monoisotopic (exact) mass is 483 g/mol. The molecule has 2 aromatic rings. The lowest BCUT2D eigenvalue weighted by atomic mass is 10.1. The molecule has 1 heterocycles. The third-order valence-electron chi connectivity index (χ3n) is 5.21. The lowest BCUT2D eigenvalue weighted by Crippen LogP contribution is -2.43. The number of carbonyl (C=O) groups excluding carboxylic acids is 5. The number of ketones is 1. The average Bonchev–Trinajstić information content (AvgIpc) is 3.22. The smallest absolute Gasteiger partial charge is 0.311 e. The minimum atomic E-state index is -0.850. The van der Waals surface area contributed by atoms with Crippen molar-refractivity contribution in [3.05, 3.63) is 53.6 Å². The normalized spacial score (nSPS) is 14.8. The molecule has 0 aliphatic carbocycles. The third kappa shape index (κ3) is 6.56. The van der Waals surface area contributed by atoms with Crippen LogP contribution in [0.4, 0.5) is 5.69 Å². The van der Waals surface area contributed by atoms with Gasteiger partial charge in [-0.1, -0.05) is 12.1 Å². The van der Waals surface area contributed by atoms with Crippen LogP contribution >= 0.6 is 0 Å². The molecule has 0 aromatic heterocycles. The minimum absolute atomic E-state index is 0.104. The van der Waals surface area contributed by atoms with E-state index in [1.807, 2.05) is 0 Å². The molecule has 35 heavy (non-hydrogen) atoms. The number of hydrazine groups is 1. The van der Waals surface area contributed by atoms with E-state index in [1.54, 1.807) is 24.3 Å². The van der Waals surface area contributed by atoms with Crippen molar-refractivity contribution in [3.63, 3.8) is 0 Å². The molecule has 2 aromatic carbocycles. The predicted molar refractivity (Wildman–Crippen MR) is 123 cm³/mol. The number of rotatable bonds is 9. The number of amides is 3. The Balaban J connectivity index is 1.52. The fraction of sp³-hybridized carbons (Fsp3) is 0.292. The highest BCUT2D eigenvalue weighted by Gasteiger charge is 2.36. The van der Waals surface area contributed by atoms with E-state index in [0.717, 1.165) is 5.01 Å². The Labute approximate surface area is 201 Å². The average molecular weight is 483 g/mol. The second-order valence-electron chi connectivity index (χ2n) is 7.74. The number of carbonyl (C=O) groups is 5. The molecule has 1 aliphatic heterocycles. The van der Waals surface area contributed by atoms with Gasteiger partial charge in [-0.15, -0.1) is 0 Å². The lowest BCUT2D eigenvalue weighted by molar-refractivity contribution is -0.151. The largest absolute Gasteiger partial charge is 0.497 e.